The van der Waals surface area contributed by atoms with Crippen LogP contribution in [0.25, 0.3) is 10.9 Å². The van der Waals surface area contributed by atoms with E-state index in [9.17, 15) is 13.2 Å². The minimum atomic E-state index is -3.63. The Morgan fingerprint density at radius 1 is 1.28 bits per heavy atom. The molecule has 1 aliphatic rings. The van der Waals surface area contributed by atoms with E-state index in [-0.39, 0.29) is 22.6 Å². The van der Waals surface area contributed by atoms with Gasteiger partial charge in [0, 0.05) is 42.7 Å². The van der Waals surface area contributed by atoms with Gasteiger partial charge in [0.1, 0.15) is 10.6 Å². The molecule has 3 aromatic rings. The SMILES string of the molecule is Cc1noc(C)c1S(=O)(=O)N1CCC(C(C)C(=O)NCCc2c[nH]c3ccccc23)CC1. The smallest absolute Gasteiger partial charge is 0.248 e. The van der Waals surface area contributed by atoms with Crippen LogP contribution in [0, 0.1) is 25.7 Å². The van der Waals surface area contributed by atoms with Crippen molar-refractivity contribution in [3.63, 3.8) is 0 Å². The monoisotopic (exact) mass is 458 g/mol. The number of aromatic amines is 1. The van der Waals surface area contributed by atoms with Crippen molar-refractivity contribution in [2.75, 3.05) is 19.6 Å². The number of amides is 1. The van der Waals surface area contributed by atoms with Crippen molar-refractivity contribution in [2.24, 2.45) is 11.8 Å². The second kappa shape index (κ2) is 9.07. The van der Waals surface area contributed by atoms with Gasteiger partial charge in [0.25, 0.3) is 0 Å². The zero-order valence-corrected chi connectivity index (χ0v) is 19.5. The van der Waals surface area contributed by atoms with Crippen LogP contribution in [0.3, 0.4) is 0 Å². The average molecular weight is 459 g/mol. The zero-order chi connectivity index (χ0) is 22.9. The molecule has 32 heavy (non-hydrogen) atoms. The molecule has 2 N–H and O–H groups in total. The minimum Gasteiger partial charge on any atom is -0.361 e. The molecule has 1 aromatic carbocycles. The first-order valence-electron chi connectivity index (χ1n) is 11.0. The van der Waals surface area contributed by atoms with E-state index in [4.69, 9.17) is 4.52 Å². The summed E-state index contributed by atoms with van der Waals surface area (Å²) in [7, 11) is -3.63. The topological polar surface area (TPSA) is 108 Å². The second-order valence-corrected chi connectivity index (χ2v) is 10.5. The number of rotatable bonds is 7. The highest BCUT2D eigenvalue weighted by atomic mass is 32.2. The molecule has 1 amide bonds. The quantitative estimate of drug-likeness (QED) is 0.565. The summed E-state index contributed by atoms with van der Waals surface area (Å²) in [6.07, 6.45) is 4.06. The van der Waals surface area contributed by atoms with E-state index in [0.717, 1.165) is 11.9 Å². The number of nitrogens with one attached hydrogen (secondary N) is 2. The van der Waals surface area contributed by atoms with Crippen LogP contribution in [0.1, 0.15) is 36.8 Å². The first-order valence-corrected chi connectivity index (χ1v) is 12.5. The van der Waals surface area contributed by atoms with Crippen molar-refractivity contribution >= 4 is 26.8 Å². The summed E-state index contributed by atoms with van der Waals surface area (Å²) in [5, 5.41) is 8.01. The maximum Gasteiger partial charge on any atom is 0.248 e. The van der Waals surface area contributed by atoms with Crippen molar-refractivity contribution < 1.29 is 17.7 Å². The average Bonchev–Trinajstić information content (AvgIpc) is 3.36. The van der Waals surface area contributed by atoms with E-state index in [1.807, 2.05) is 31.3 Å². The molecule has 9 heteroatoms. The van der Waals surface area contributed by atoms with E-state index < -0.39 is 10.0 Å². The Kier molecular flexibility index (Phi) is 6.39. The molecule has 172 valence electrons. The van der Waals surface area contributed by atoms with Gasteiger partial charge in [-0.2, -0.15) is 4.31 Å². The Balaban J connectivity index is 1.29. The lowest BCUT2D eigenvalue weighted by Gasteiger charge is -2.33. The van der Waals surface area contributed by atoms with Gasteiger partial charge < -0.3 is 14.8 Å². The molecule has 4 rings (SSSR count). The van der Waals surface area contributed by atoms with Gasteiger partial charge in [0.2, 0.25) is 15.9 Å². The fourth-order valence-electron chi connectivity index (χ4n) is 4.62. The molecule has 1 saturated heterocycles. The number of hydrogen-bond donors (Lipinski definition) is 2. The predicted molar refractivity (Wildman–Crippen MR) is 122 cm³/mol. The number of carbonyl (C=O) groups is 1. The first-order chi connectivity index (χ1) is 15.3. The van der Waals surface area contributed by atoms with E-state index in [0.29, 0.717) is 43.9 Å². The van der Waals surface area contributed by atoms with Crippen LogP contribution in [-0.2, 0) is 21.2 Å². The molecule has 1 fully saturated rings. The molecule has 1 unspecified atom stereocenters. The standard InChI is InChI=1S/C23H30N4O4S/c1-15(23(28)24-11-8-19-14-25-21-7-5-4-6-20(19)21)18-9-12-27(13-10-18)32(29,30)22-16(2)26-31-17(22)3/h4-7,14-15,18,25H,8-13H2,1-3H3,(H,24,28). The minimum absolute atomic E-state index is 0.0249. The number of aromatic nitrogens is 2. The van der Waals surface area contributed by atoms with Gasteiger partial charge >= 0.3 is 0 Å². The molecule has 1 atom stereocenters. The number of piperidine rings is 1. The number of benzene rings is 1. The van der Waals surface area contributed by atoms with Gasteiger partial charge in [-0.05, 0) is 50.7 Å². The number of hydrogen-bond acceptors (Lipinski definition) is 5. The fourth-order valence-corrected chi connectivity index (χ4v) is 6.38. The normalized spacial score (nSPS) is 17.0. The third kappa shape index (κ3) is 4.31. The van der Waals surface area contributed by atoms with Gasteiger partial charge in [0.15, 0.2) is 5.76 Å². The van der Waals surface area contributed by atoms with E-state index >= 15 is 0 Å². The number of H-pyrrole nitrogens is 1. The molecule has 1 aliphatic heterocycles. The van der Waals surface area contributed by atoms with Crippen molar-refractivity contribution in [1.82, 2.24) is 19.8 Å². The lowest BCUT2D eigenvalue weighted by molar-refractivity contribution is -0.126. The molecule has 0 radical (unpaired) electrons. The van der Waals surface area contributed by atoms with Crippen LogP contribution in [0.15, 0.2) is 39.9 Å². The van der Waals surface area contributed by atoms with Crippen LogP contribution >= 0.6 is 0 Å². The molecule has 2 aromatic heterocycles. The Hall–Kier alpha value is -2.65. The number of sulfonamides is 1. The van der Waals surface area contributed by atoms with Crippen LogP contribution in [0.2, 0.25) is 0 Å². The highest BCUT2D eigenvalue weighted by molar-refractivity contribution is 7.89. The number of fused-ring (bicyclic) bond motifs is 1. The highest BCUT2D eigenvalue weighted by Gasteiger charge is 2.36. The van der Waals surface area contributed by atoms with E-state index in [2.05, 4.69) is 21.5 Å². The van der Waals surface area contributed by atoms with Gasteiger partial charge in [-0.15, -0.1) is 0 Å². The number of para-hydroxylation sites is 1. The van der Waals surface area contributed by atoms with Gasteiger partial charge in [-0.1, -0.05) is 30.3 Å². The summed E-state index contributed by atoms with van der Waals surface area (Å²) in [5.74, 6) is 0.325. The van der Waals surface area contributed by atoms with Crippen molar-refractivity contribution in [3.05, 3.63) is 47.5 Å². The Bertz CT molecular complexity index is 1190. The van der Waals surface area contributed by atoms with E-state index in [1.54, 1.807) is 13.8 Å². The Morgan fingerprint density at radius 3 is 2.69 bits per heavy atom. The molecule has 8 nitrogen and oxygen atoms in total. The molecule has 0 saturated carbocycles. The first kappa shape index (κ1) is 22.5. The van der Waals surface area contributed by atoms with E-state index in [1.165, 1.54) is 15.3 Å². The van der Waals surface area contributed by atoms with Crippen LogP contribution in [0.4, 0.5) is 0 Å². The summed E-state index contributed by atoms with van der Waals surface area (Å²) in [5.41, 5.74) is 2.67. The zero-order valence-electron chi connectivity index (χ0n) is 18.7. The third-order valence-electron chi connectivity index (χ3n) is 6.55. The fraction of sp³-hybridized carbons (Fsp3) is 0.478. The molecule has 0 aliphatic carbocycles. The molecular formula is C23H30N4O4S. The summed E-state index contributed by atoms with van der Waals surface area (Å²) < 4.78 is 32.5. The Labute approximate surface area is 188 Å². The van der Waals surface area contributed by atoms with Crippen molar-refractivity contribution in [3.8, 4) is 0 Å². The molecule has 0 spiro atoms. The number of aryl methyl sites for hydroxylation is 2. The highest BCUT2D eigenvalue weighted by Crippen LogP contribution is 2.30. The largest absolute Gasteiger partial charge is 0.361 e. The summed E-state index contributed by atoms with van der Waals surface area (Å²) in [4.78, 5) is 16.1. The van der Waals surface area contributed by atoms with Crippen LogP contribution in [-0.4, -0.2) is 48.4 Å². The number of carbonyl (C=O) groups excluding carboxylic acids is 1. The van der Waals surface area contributed by atoms with Crippen molar-refractivity contribution in [1.29, 1.82) is 0 Å². The maximum atomic E-state index is 13.0. The van der Waals surface area contributed by atoms with Gasteiger partial charge in [-0.3, -0.25) is 4.79 Å². The van der Waals surface area contributed by atoms with Gasteiger partial charge in [-0.25, -0.2) is 8.42 Å². The maximum absolute atomic E-state index is 13.0. The van der Waals surface area contributed by atoms with Crippen molar-refractivity contribution in [2.45, 2.75) is 44.9 Å². The lowest BCUT2D eigenvalue weighted by atomic mass is 9.85. The summed E-state index contributed by atoms with van der Waals surface area (Å²) in [6, 6.07) is 8.13. The molecular weight excluding hydrogens is 428 g/mol. The van der Waals surface area contributed by atoms with Crippen LogP contribution < -0.4 is 5.32 Å². The van der Waals surface area contributed by atoms with Gasteiger partial charge in [0.05, 0.1) is 0 Å². The number of nitrogens with zero attached hydrogens (tertiary/aromatic N) is 2. The second-order valence-electron chi connectivity index (χ2n) is 8.58. The predicted octanol–water partition coefficient (Wildman–Crippen LogP) is 3.17. The Morgan fingerprint density at radius 2 is 2.00 bits per heavy atom. The lowest BCUT2D eigenvalue weighted by Crippen LogP contribution is -2.43. The van der Waals surface area contributed by atoms with Crippen LogP contribution in [0.5, 0.6) is 0 Å². The summed E-state index contributed by atoms with van der Waals surface area (Å²) >= 11 is 0. The molecule has 3 heterocycles. The summed E-state index contributed by atoms with van der Waals surface area (Å²) in [6.45, 7) is 6.55. The third-order valence-corrected chi connectivity index (χ3v) is 8.70. The molecule has 0 bridgehead atoms.